The first-order valence-corrected chi connectivity index (χ1v) is 10.4. The molecule has 0 aromatic carbocycles. The van der Waals surface area contributed by atoms with Gasteiger partial charge in [-0.25, -0.2) is 4.79 Å². The summed E-state index contributed by atoms with van der Waals surface area (Å²) in [6, 6.07) is -4.32. The Hall–Kier alpha value is -3.22. The van der Waals surface area contributed by atoms with Crippen molar-refractivity contribution in [3.8, 4) is 0 Å². The Kier molecular flexibility index (Phi) is 8.52. The van der Waals surface area contributed by atoms with Crippen LogP contribution < -0.4 is 16.8 Å². The van der Waals surface area contributed by atoms with Gasteiger partial charge in [-0.05, 0) is 32.1 Å². The molecule has 0 radical (unpaired) electrons. The van der Waals surface area contributed by atoms with Crippen LogP contribution in [0.15, 0.2) is 0 Å². The second-order valence-electron chi connectivity index (χ2n) is 7.99. The standard InChI is InChI=1S/C19H29N5O8/c20-10(9-14(21)25)17(29)24-8-2-4-13(24)18(30)23-7-1-3-12(23)16(28)22-11(19(31)32)5-6-15(26)27/h10-13H,1-9,20H2,(H2,21,25)(H,22,28)(H,26,27)(H,31,32). The Morgan fingerprint density at radius 1 is 0.969 bits per heavy atom. The van der Waals surface area contributed by atoms with E-state index in [-0.39, 0.29) is 25.9 Å². The van der Waals surface area contributed by atoms with Crippen LogP contribution in [0.3, 0.4) is 0 Å². The third-order valence-electron chi connectivity index (χ3n) is 5.66. The molecule has 0 aromatic rings. The van der Waals surface area contributed by atoms with Crippen LogP contribution in [0.5, 0.6) is 0 Å². The van der Waals surface area contributed by atoms with E-state index in [9.17, 15) is 33.9 Å². The van der Waals surface area contributed by atoms with E-state index in [1.807, 2.05) is 0 Å². The highest BCUT2D eigenvalue weighted by atomic mass is 16.4. The maximum absolute atomic E-state index is 13.2. The van der Waals surface area contributed by atoms with Gasteiger partial charge in [-0.1, -0.05) is 0 Å². The van der Waals surface area contributed by atoms with Crippen LogP contribution in [-0.2, 0) is 28.8 Å². The highest BCUT2D eigenvalue weighted by Crippen LogP contribution is 2.25. The fourth-order valence-corrected chi connectivity index (χ4v) is 4.09. The van der Waals surface area contributed by atoms with Gasteiger partial charge in [0.2, 0.25) is 23.6 Å². The van der Waals surface area contributed by atoms with Crippen molar-refractivity contribution in [1.82, 2.24) is 15.1 Å². The lowest BCUT2D eigenvalue weighted by Gasteiger charge is -2.32. The number of hydrogen-bond acceptors (Lipinski definition) is 7. The molecule has 2 fully saturated rings. The highest BCUT2D eigenvalue weighted by Gasteiger charge is 2.43. The number of carboxylic acids is 2. The largest absolute Gasteiger partial charge is 0.481 e. The minimum Gasteiger partial charge on any atom is -0.481 e. The molecule has 2 aliphatic heterocycles. The topological polar surface area (TPSA) is 213 Å². The van der Waals surface area contributed by atoms with Crippen LogP contribution in [0.1, 0.15) is 44.9 Å². The summed E-state index contributed by atoms with van der Waals surface area (Å²) in [6.45, 7) is 0.540. The summed E-state index contributed by atoms with van der Waals surface area (Å²) in [5, 5.41) is 20.3. The number of hydrogen-bond donors (Lipinski definition) is 5. The van der Waals surface area contributed by atoms with Crippen LogP contribution in [0.25, 0.3) is 0 Å². The Labute approximate surface area is 184 Å². The molecule has 0 aromatic heterocycles. The van der Waals surface area contributed by atoms with Crippen molar-refractivity contribution in [2.45, 2.75) is 69.1 Å². The quantitative estimate of drug-likeness (QED) is 0.237. The van der Waals surface area contributed by atoms with Gasteiger partial charge in [0.25, 0.3) is 0 Å². The van der Waals surface area contributed by atoms with Crippen molar-refractivity contribution < 1.29 is 39.0 Å². The number of carboxylic acid groups (broad SMARTS) is 2. The molecule has 2 saturated heterocycles. The van der Waals surface area contributed by atoms with Gasteiger partial charge in [0.1, 0.15) is 18.1 Å². The van der Waals surface area contributed by atoms with Crippen molar-refractivity contribution in [2.75, 3.05) is 13.1 Å². The summed E-state index contributed by atoms with van der Waals surface area (Å²) >= 11 is 0. The van der Waals surface area contributed by atoms with E-state index >= 15 is 0 Å². The molecule has 13 heteroatoms. The number of primary amides is 1. The number of nitrogens with one attached hydrogen (secondary N) is 1. The first kappa shape index (κ1) is 25.0. The van der Waals surface area contributed by atoms with Gasteiger partial charge in [-0.15, -0.1) is 0 Å². The summed E-state index contributed by atoms with van der Waals surface area (Å²) < 4.78 is 0. The van der Waals surface area contributed by atoms with E-state index in [4.69, 9.17) is 16.6 Å². The molecule has 4 amide bonds. The molecule has 0 bridgehead atoms. The third-order valence-corrected chi connectivity index (χ3v) is 5.66. The fourth-order valence-electron chi connectivity index (χ4n) is 4.09. The molecule has 0 aliphatic carbocycles. The number of carbonyl (C=O) groups is 6. The van der Waals surface area contributed by atoms with Crippen molar-refractivity contribution in [1.29, 1.82) is 0 Å². The minimum absolute atomic E-state index is 0.260. The Bertz CT molecular complexity index is 788. The molecule has 2 rings (SSSR count). The lowest BCUT2D eigenvalue weighted by molar-refractivity contribution is -0.148. The molecule has 13 nitrogen and oxygen atoms in total. The van der Waals surface area contributed by atoms with Crippen molar-refractivity contribution in [3.05, 3.63) is 0 Å². The molecule has 2 heterocycles. The Morgan fingerprint density at radius 3 is 2.12 bits per heavy atom. The highest BCUT2D eigenvalue weighted by molar-refractivity contribution is 5.95. The predicted octanol–water partition coefficient (Wildman–Crippen LogP) is -2.39. The van der Waals surface area contributed by atoms with Crippen molar-refractivity contribution >= 4 is 35.6 Å². The first-order valence-electron chi connectivity index (χ1n) is 10.4. The Balaban J connectivity index is 2.07. The molecule has 7 N–H and O–H groups in total. The van der Waals surface area contributed by atoms with Crippen LogP contribution in [0, 0.1) is 0 Å². The second-order valence-corrected chi connectivity index (χ2v) is 7.99. The van der Waals surface area contributed by atoms with Crippen molar-refractivity contribution in [3.63, 3.8) is 0 Å². The summed E-state index contributed by atoms with van der Waals surface area (Å²) in [7, 11) is 0. The van der Waals surface area contributed by atoms with Gasteiger partial charge in [0.05, 0.1) is 12.5 Å². The van der Waals surface area contributed by atoms with E-state index in [1.165, 1.54) is 9.80 Å². The van der Waals surface area contributed by atoms with E-state index < -0.39 is 66.2 Å². The van der Waals surface area contributed by atoms with E-state index in [1.54, 1.807) is 0 Å². The third kappa shape index (κ3) is 6.15. The van der Waals surface area contributed by atoms with Crippen molar-refractivity contribution in [2.24, 2.45) is 11.5 Å². The summed E-state index contributed by atoms with van der Waals surface area (Å²) in [5.74, 6) is -5.00. The van der Waals surface area contributed by atoms with Gasteiger partial charge < -0.3 is 36.8 Å². The van der Waals surface area contributed by atoms with E-state index in [2.05, 4.69) is 5.32 Å². The number of likely N-dealkylation sites (tertiary alicyclic amines) is 2. The van der Waals surface area contributed by atoms with E-state index in [0.717, 1.165) is 0 Å². The maximum atomic E-state index is 13.2. The van der Waals surface area contributed by atoms with Gasteiger partial charge in [-0.3, -0.25) is 24.0 Å². The second kappa shape index (κ2) is 10.9. The maximum Gasteiger partial charge on any atom is 0.326 e. The number of nitrogens with two attached hydrogens (primary N) is 2. The fraction of sp³-hybridized carbons (Fsp3) is 0.684. The molecule has 4 atom stereocenters. The average Bonchev–Trinajstić information content (AvgIpc) is 3.38. The molecule has 4 unspecified atom stereocenters. The van der Waals surface area contributed by atoms with Gasteiger partial charge in [0.15, 0.2) is 0 Å². The lowest BCUT2D eigenvalue weighted by Crippen LogP contribution is -2.56. The zero-order valence-corrected chi connectivity index (χ0v) is 17.6. The number of rotatable bonds is 10. The molecular weight excluding hydrogens is 426 g/mol. The molecular formula is C19H29N5O8. The molecule has 0 saturated carbocycles. The molecule has 178 valence electrons. The zero-order valence-electron chi connectivity index (χ0n) is 17.6. The summed E-state index contributed by atoms with van der Waals surface area (Å²) in [6.07, 6.45) is 0.664. The number of aliphatic carboxylic acids is 2. The monoisotopic (exact) mass is 455 g/mol. The summed E-state index contributed by atoms with van der Waals surface area (Å²) in [5.41, 5.74) is 10.8. The van der Waals surface area contributed by atoms with Gasteiger partial charge in [0, 0.05) is 19.5 Å². The normalized spacial score (nSPS) is 22.3. The van der Waals surface area contributed by atoms with E-state index in [0.29, 0.717) is 25.7 Å². The van der Waals surface area contributed by atoms with Crippen LogP contribution in [0.4, 0.5) is 0 Å². The minimum atomic E-state index is -1.40. The number of nitrogens with zero attached hydrogens (tertiary/aromatic N) is 2. The summed E-state index contributed by atoms with van der Waals surface area (Å²) in [4.78, 5) is 74.3. The predicted molar refractivity (Wildman–Crippen MR) is 108 cm³/mol. The average molecular weight is 455 g/mol. The number of amides is 4. The number of carbonyl (C=O) groups excluding carboxylic acids is 4. The first-order chi connectivity index (χ1) is 15.0. The van der Waals surface area contributed by atoms with Gasteiger partial charge >= 0.3 is 11.9 Å². The molecule has 0 spiro atoms. The molecule has 2 aliphatic rings. The van der Waals surface area contributed by atoms with Crippen LogP contribution in [-0.4, -0.2) is 92.8 Å². The lowest BCUT2D eigenvalue weighted by atomic mass is 10.1. The SMILES string of the molecule is NC(=O)CC(N)C(=O)N1CCCC1C(=O)N1CCCC1C(=O)NC(CCC(=O)O)C(=O)O. The Morgan fingerprint density at radius 2 is 1.56 bits per heavy atom. The van der Waals surface area contributed by atoms with Gasteiger partial charge in [-0.2, -0.15) is 0 Å². The molecule has 32 heavy (non-hydrogen) atoms. The van der Waals surface area contributed by atoms with Crippen LogP contribution >= 0.6 is 0 Å². The zero-order chi connectivity index (χ0) is 24.0. The smallest absolute Gasteiger partial charge is 0.326 e. The van der Waals surface area contributed by atoms with Crippen LogP contribution in [0.2, 0.25) is 0 Å².